The summed E-state index contributed by atoms with van der Waals surface area (Å²) in [5, 5.41) is 6.94. The van der Waals surface area contributed by atoms with Crippen molar-refractivity contribution in [2.24, 2.45) is 0 Å². The topological polar surface area (TPSA) is 95.7 Å². The van der Waals surface area contributed by atoms with Gasteiger partial charge in [-0.2, -0.15) is 4.98 Å². The van der Waals surface area contributed by atoms with Gasteiger partial charge in [0.1, 0.15) is 0 Å². The van der Waals surface area contributed by atoms with E-state index >= 15 is 0 Å². The van der Waals surface area contributed by atoms with Crippen LogP contribution in [0.25, 0.3) is 22.8 Å². The van der Waals surface area contributed by atoms with Crippen LogP contribution in [0.3, 0.4) is 0 Å². The summed E-state index contributed by atoms with van der Waals surface area (Å²) in [6.45, 7) is 5.51. The Morgan fingerprint density at radius 1 is 1.12 bits per heavy atom. The molecule has 32 heavy (non-hydrogen) atoms. The predicted molar refractivity (Wildman–Crippen MR) is 119 cm³/mol. The smallest absolute Gasteiger partial charge is 0.258 e. The van der Waals surface area contributed by atoms with Crippen LogP contribution in [0.4, 0.5) is 0 Å². The van der Waals surface area contributed by atoms with Crippen LogP contribution >= 0.6 is 0 Å². The number of nitrogens with zero attached hydrogens (tertiary/aromatic N) is 2. The summed E-state index contributed by atoms with van der Waals surface area (Å²) in [7, 11) is 0. The molecule has 2 heterocycles. The maximum atomic E-state index is 12.1. The fourth-order valence-corrected chi connectivity index (χ4v) is 3.42. The maximum absolute atomic E-state index is 12.1. The number of carbonyl (C=O) groups is 1. The molecule has 1 aliphatic rings. The van der Waals surface area contributed by atoms with E-state index in [2.05, 4.69) is 15.5 Å². The summed E-state index contributed by atoms with van der Waals surface area (Å²) in [4.78, 5) is 16.6. The van der Waals surface area contributed by atoms with Crippen LogP contribution in [0.15, 0.2) is 47.0 Å². The molecule has 8 nitrogen and oxygen atoms in total. The molecule has 3 aromatic rings. The minimum Gasteiger partial charge on any atom is -0.490 e. The molecule has 1 unspecified atom stereocenters. The van der Waals surface area contributed by atoms with Crippen molar-refractivity contribution in [2.75, 3.05) is 26.4 Å². The third-order valence-corrected chi connectivity index (χ3v) is 5.14. The molecule has 0 saturated carbocycles. The molecule has 1 amide bonds. The third kappa shape index (κ3) is 5.45. The number of amides is 1. The van der Waals surface area contributed by atoms with E-state index in [0.717, 1.165) is 36.1 Å². The molecule has 1 fully saturated rings. The highest BCUT2D eigenvalue weighted by atomic mass is 16.5. The van der Waals surface area contributed by atoms with Crippen molar-refractivity contribution in [3.8, 4) is 34.3 Å². The van der Waals surface area contributed by atoms with Gasteiger partial charge in [0.2, 0.25) is 5.82 Å². The van der Waals surface area contributed by atoms with Gasteiger partial charge in [-0.05, 0) is 57.0 Å². The summed E-state index contributed by atoms with van der Waals surface area (Å²) in [6, 6.07) is 13.2. The lowest BCUT2D eigenvalue weighted by molar-refractivity contribution is -0.123. The molecular weight excluding hydrogens is 410 g/mol. The third-order valence-electron chi connectivity index (χ3n) is 5.14. The van der Waals surface area contributed by atoms with Gasteiger partial charge in [-0.3, -0.25) is 4.79 Å². The standard InChI is InChI=1S/C24H27N3O5/c1-3-29-21-13-18(23-26-24(32-27-23)17-8-6-16(2)7-9-17)10-11-20(21)31-15-22(28)25-14-19-5-4-12-30-19/h6-11,13,19H,3-5,12,14-15H2,1-2H3,(H,25,28). The molecule has 1 N–H and O–H groups in total. The van der Waals surface area contributed by atoms with Crippen molar-refractivity contribution in [1.29, 1.82) is 0 Å². The van der Waals surface area contributed by atoms with Crippen molar-refractivity contribution in [1.82, 2.24) is 15.5 Å². The van der Waals surface area contributed by atoms with E-state index in [-0.39, 0.29) is 18.6 Å². The number of ether oxygens (including phenoxy) is 3. The average Bonchev–Trinajstić information content (AvgIpc) is 3.50. The number of aromatic nitrogens is 2. The number of hydrogen-bond donors (Lipinski definition) is 1. The van der Waals surface area contributed by atoms with Gasteiger partial charge in [-0.25, -0.2) is 0 Å². The minimum absolute atomic E-state index is 0.0944. The SMILES string of the molecule is CCOc1cc(-c2noc(-c3ccc(C)cc3)n2)ccc1OCC(=O)NCC1CCCO1. The van der Waals surface area contributed by atoms with Gasteiger partial charge in [0.15, 0.2) is 18.1 Å². The number of benzene rings is 2. The van der Waals surface area contributed by atoms with Crippen molar-refractivity contribution in [3.05, 3.63) is 48.0 Å². The summed E-state index contributed by atoms with van der Waals surface area (Å²) in [5.41, 5.74) is 2.74. The summed E-state index contributed by atoms with van der Waals surface area (Å²) >= 11 is 0. The van der Waals surface area contributed by atoms with Crippen LogP contribution in [-0.4, -0.2) is 48.5 Å². The molecule has 1 aromatic heterocycles. The average molecular weight is 437 g/mol. The highest BCUT2D eigenvalue weighted by Crippen LogP contribution is 2.32. The monoisotopic (exact) mass is 437 g/mol. The Morgan fingerprint density at radius 2 is 1.94 bits per heavy atom. The number of nitrogens with one attached hydrogen (secondary N) is 1. The molecule has 1 saturated heterocycles. The fourth-order valence-electron chi connectivity index (χ4n) is 3.42. The van der Waals surface area contributed by atoms with Gasteiger partial charge < -0.3 is 24.1 Å². The van der Waals surface area contributed by atoms with Gasteiger partial charge in [0.25, 0.3) is 11.8 Å². The molecule has 1 atom stereocenters. The first kappa shape index (κ1) is 21.8. The zero-order valence-corrected chi connectivity index (χ0v) is 18.3. The van der Waals surface area contributed by atoms with Gasteiger partial charge in [-0.1, -0.05) is 22.9 Å². The first-order valence-corrected chi connectivity index (χ1v) is 10.8. The van der Waals surface area contributed by atoms with Gasteiger partial charge >= 0.3 is 0 Å². The van der Waals surface area contributed by atoms with Crippen molar-refractivity contribution >= 4 is 5.91 Å². The molecule has 0 radical (unpaired) electrons. The molecule has 2 aromatic carbocycles. The van der Waals surface area contributed by atoms with E-state index in [1.165, 1.54) is 0 Å². The first-order valence-electron chi connectivity index (χ1n) is 10.8. The van der Waals surface area contributed by atoms with Gasteiger partial charge in [0, 0.05) is 24.3 Å². The normalized spacial score (nSPS) is 15.5. The van der Waals surface area contributed by atoms with Crippen LogP contribution < -0.4 is 14.8 Å². The van der Waals surface area contributed by atoms with E-state index in [1.54, 1.807) is 12.1 Å². The molecule has 8 heteroatoms. The molecule has 0 spiro atoms. The molecule has 0 bridgehead atoms. The lowest BCUT2D eigenvalue weighted by Gasteiger charge is -2.14. The van der Waals surface area contributed by atoms with Crippen LogP contribution in [0.5, 0.6) is 11.5 Å². The quantitative estimate of drug-likeness (QED) is 0.544. The van der Waals surface area contributed by atoms with Crippen molar-refractivity contribution in [3.63, 3.8) is 0 Å². The number of carbonyl (C=O) groups excluding carboxylic acids is 1. The van der Waals surface area contributed by atoms with Crippen LogP contribution in [0.2, 0.25) is 0 Å². The zero-order chi connectivity index (χ0) is 22.3. The first-order chi connectivity index (χ1) is 15.6. The second-order valence-corrected chi connectivity index (χ2v) is 7.61. The lowest BCUT2D eigenvalue weighted by atomic mass is 10.1. The van der Waals surface area contributed by atoms with Crippen LogP contribution in [0, 0.1) is 6.92 Å². The van der Waals surface area contributed by atoms with E-state index in [4.69, 9.17) is 18.7 Å². The van der Waals surface area contributed by atoms with Gasteiger partial charge in [0.05, 0.1) is 12.7 Å². The van der Waals surface area contributed by atoms with Crippen LogP contribution in [0.1, 0.15) is 25.3 Å². The zero-order valence-electron chi connectivity index (χ0n) is 18.3. The van der Waals surface area contributed by atoms with Crippen molar-refractivity contribution in [2.45, 2.75) is 32.8 Å². The summed E-state index contributed by atoms with van der Waals surface area (Å²) < 4.78 is 22.4. The minimum atomic E-state index is -0.201. The number of rotatable bonds is 9. The van der Waals surface area contributed by atoms with Gasteiger partial charge in [-0.15, -0.1) is 0 Å². The Hall–Kier alpha value is -3.39. The van der Waals surface area contributed by atoms with Crippen LogP contribution in [-0.2, 0) is 9.53 Å². The van der Waals surface area contributed by atoms with E-state index in [9.17, 15) is 4.79 Å². The second-order valence-electron chi connectivity index (χ2n) is 7.61. The maximum Gasteiger partial charge on any atom is 0.258 e. The Kier molecular flexibility index (Phi) is 7.01. The Morgan fingerprint density at radius 3 is 2.69 bits per heavy atom. The second kappa shape index (κ2) is 10.3. The Bertz CT molecular complexity index is 1040. The summed E-state index contributed by atoms with van der Waals surface area (Å²) in [6.07, 6.45) is 2.10. The highest BCUT2D eigenvalue weighted by Gasteiger charge is 2.17. The van der Waals surface area contributed by atoms with Crippen molar-refractivity contribution < 1.29 is 23.5 Å². The molecule has 168 valence electrons. The molecule has 1 aliphatic heterocycles. The number of aryl methyl sites for hydroxylation is 1. The molecule has 0 aliphatic carbocycles. The lowest BCUT2D eigenvalue weighted by Crippen LogP contribution is -2.35. The highest BCUT2D eigenvalue weighted by molar-refractivity contribution is 5.77. The van der Waals surface area contributed by atoms with E-state index in [1.807, 2.05) is 44.2 Å². The molecule has 4 rings (SSSR count). The predicted octanol–water partition coefficient (Wildman–Crippen LogP) is 3.78. The van der Waals surface area contributed by atoms with E-state index < -0.39 is 0 Å². The largest absolute Gasteiger partial charge is 0.490 e. The Labute approximate surface area is 186 Å². The number of hydrogen-bond acceptors (Lipinski definition) is 7. The van der Waals surface area contributed by atoms with E-state index in [0.29, 0.717) is 36.4 Å². The fraction of sp³-hybridized carbons (Fsp3) is 0.375. The Balaban J connectivity index is 1.42. The molecular formula is C24H27N3O5. The summed E-state index contributed by atoms with van der Waals surface area (Å²) in [5.74, 6) is 1.68.